The van der Waals surface area contributed by atoms with E-state index in [1.165, 1.54) is 5.56 Å². The maximum atomic E-state index is 13.0. The molecule has 0 atom stereocenters. The summed E-state index contributed by atoms with van der Waals surface area (Å²) in [5.41, 5.74) is 4.38. The predicted octanol–water partition coefficient (Wildman–Crippen LogP) is 5.32. The van der Waals surface area contributed by atoms with Gasteiger partial charge in [-0.05, 0) is 96.0 Å². The summed E-state index contributed by atoms with van der Waals surface area (Å²) in [6, 6.07) is 10.9. The second-order valence-electron chi connectivity index (χ2n) is 12.4. The molecule has 1 aliphatic carbocycles. The monoisotopic (exact) mass is 606 g/mol. The molecule has 0 aliphatic heterocycles. The van der Waals surface area contributed by atoms with Gasteiger partial charge in [0.2, 0.25) is 0 Å². The van der Waals surface area contributed by atoms with Gasteiger partial charge in [-0.15, -0.1) is 5.10 Å². The minimum Gasteiger partial charge on any atom is -0.444 e. The third kappa shape index (κ3) is 7.15. The number of ether oxygens (including phenoxy) is 1. The molecule has 2 N–H and O–H groups in total. The summed E-state index contributed by atoms with van der Waals surface area (Å²) in [5, 5.41) is 24.2. The number of nitrogens with one attached hydrogen (secondary N) is 2. The second-order valence-corrected chi connectivity index (χ2v) is 12.8. The van der Waals surface area contributed by atoms with Gasteiger partial charge in [-0.25, -0.2) is 9.48 Å². The predicted molar refractivity (Wildman–Crippen MR) is 164 cm³/mol. The molecule has 43 heavy (non-hydrogen) atoms. The van der Waals surface area contributed by atoms with E-state index in [9.17, 15) is 9.59 Å². The highest BCUT2D eigenvalue weighted by molar-refractivity contribution is 6.30. The molecule has 1 saturated carbocycles. The fourth-order valence-electron chi connectivity index (χ4n) is 5.86. The summed E-state index contributed by atoms with van der Waals surface area (Å²) in [6.45, 7) is 10.6. The highest BCUT2D eigenvalue weighted by Gasteiger charge is 2.39. The number of benzene rings is 1. The molecule has 0 unspecified atom stereocenters. The van der Waals surface area contributed by atoms with Crippen molar-refractivity contribution in [3.05, 3.63) is 80.5 Å². The van der Waals surface area contributed by atoms with E-state index in [4.69, 9.17) is 21.4 Å². The maximum Gasteiger partial charge on any atom is 0.407 e. The normalized spacial score (nSPS) is 18.9. The van der Waals surface area contributed by atoms with Crippen molar-refractivity contribution in [3.63, 3.8) is 0 Å². The molecular weight excluding hydrogens is 568 g/mol. The Morgan fingerprint density at radius 1 is 1.16 bits per heavy atom. The van der Waals surface area contributed by atoms with E-state index in [1.807, 2.05) is 65.1 Å². The van der Waals surface area contributed by atoms with Crippen molar-refractivity contribution < 1.29 is 9.53 Å². The zero-order valence-electron chi connectivity index (χ0n) is 25.4. The molecule has 3 aromatic heterocycles. The quantitative estimate of drug-likeness (QED) is 0.277. The molecule has 228 valence electrons. The van der Waals surface area contributed by atoms with E-state index in [0.717, 1.165) is 36.2 Å². The Balaban J connectivity index is 1.31. The molecule has 0 radical (unpaired) electrons. The largest absolute Gasteiger partial charge is 0.444 e. The fourth-order valence-corrected chi connectivity index (χ4v) is 6.05. The number of rotatable bonds is 8. The Bertz CT molecular complexity index is 1620. The van der Waals surface area contributed by atoms with Gasteiger partial charge in [-0.3, -0.25) is 14.6 Å². The van der Waals surface area contributed by atoms with Gasteiger partial charge in [0.05, 0.1) is 17.9 Å². The first-order chi connectivity index (χ1) is 20.4. The van der Waals surface area contributed by atoms with Crippen LogP contribution in [-0.2, 0) is 23.1 Å². The summed E-state index contributed by atoms with van der Waals surface area (Å²) in [4.78, 5) is 25.5. The molecule has 1 amide bonds. The third-order valence-electron chi connectivity index (χ3n) is 8.16. The number of halogens is 1. The Labute approximate surface area is 256 Å². The zero-order chi connectivity index (χ0) is 30.8. The zero-order valence-corrected chi connectivity index (χ0v) is 26.1. The average molecular weight is 607 g/mol. The number of alkyl carbamates (subject to hydrolysis) is 1. The Hall–Kier alpha value is -3.99. The van der Waals surface area contributed by atoms with Crippen LogP contribution in [-0.4, -0.2) is 53.2 Å². The first kappa shape index (κ1) is 30.5. The number of H-pyrrole nitrogens is 1. The standard InChI is InChI=1S/C31H39ClN8O3/c1-20-25(21(2)35-34-20)13-16-39-18-27(36-38-39)26-9-10-28(41)40(37-26)24-11-14-31(15-12-24,22-7-6-8-23(32)17-22)19-33-29(42)43-30(3,4)5/h6-10,17-18,24H,11-16,19H2,1-5H3,(H,33,42)(H,34,35). The van der Waals surface area contributed by atoms with Crippen LogP contribution >= 0.6 is 11.6 Å². The lowest BCUT2D eigenvalue weighted by atomic mass is 9.68. The summed E-state index contributed by atoms with van der Waals surface area (Å²) >= 11 is 6.37. The van der Waals surface area contributed by atoms with Gasteiger partial charge in [0, 0.05) is 35.3 Å². The SMILES string of the molecule is Cc1n[nH]c(C)c1CCn1cc(-c2ccc(=O)n(C3CCC(CNC(=O)OC(C)(C)C)(c4cccc(Cl)c4)CC3)n2)nn1. The lowest BCUT2D eigenvalue weighted by molar-refractivity contribution is 0.0504. The van der Waals surface area contributed by atoms with Gasteiger partial charge >= 0.3 is 6.09 Å². The van der Waals surface area contributed by atoms with E-state index >= 15 is 0 Å². The number of amides is 1. The summed E-state index contributed by atoms with van der Waals surface area (Å²) in [5.74, 6) is 0. The Morgan fingerprint density at radius 2 is 1.93 bits per heavy atom. The van der Waals surface area contributed by atoms with Crippen molar-refractivity contribution in [1.82, 2.24) is 40.3 Å². The first-order valence-corrected chi connectivity index (χ1v) is 15.0. The van der Waals surface area contributed by atoms with Gasteiger partial charge in [0.15, 0.2) is 0 Å². The molecule has 1 fully saturated rings. The number of hydrogen-bond donors (Lipinski definition) is 2. The minimum absolute atomic E-state index is 0.0941. The van der Waals surface area contributed by atoms with Crippen LogP contribution in [0.4, 0.5) is 4.79 Å². The number of carbonyl (C=O) groups is 1. The maximum absolute atomic E-state index is 13.0. The van der Waals surface area contributed by atoms with Crippen LogP contribution < -0.4 is 10.9 Å². The Morgan fingerprint density at radius 3 is 2.60 bits per heavy atom. The molecule has 1 aliphatic rings. The third-order valence-corrected chi connectivity index (χ3v) is 8.40. The van der Waals surface area contributed by atoms with Crippen molar-refractivity contribution in [3.8, 4) is 11.4 Å². The van der Waals surface area contributed by atoms with Gasteiger partial charge < -0.3 is 10.1 Å². The van der Waals surface area contributed by atoms with Crippen LogP contribution in [0.25, 0.3) is 11.4 Å². The minimum atomic E-state index is -0.591. The number of nitrogens with zero attached hydrogens (tertiary/aromatic N) is 6. The van der Waals surface area contributed by atoms with Crippen molar-refractivity contribution in [2.45, 2.75) is 90.3 Å². The van der Waals surface area contributed by atoms with Gasteiger partial charge in [-0.1, -0.05) is 28.9 Å². The molecule has 4 aromatic rings. The smallest absolute Gasteiger partial charge is 0.407 e. The number of aromatic amines is 1. The lowest BCUT2D eigenvalue weighted by Gasteiger charge is -2.41. The van der Waals surface area contributed by atoms with Crippen LogP contribution in [0.2, 0.25) is 5.02 Å². The summed E-state index contributed by atoms with van der Waals surface area (Å²) < 4.78 is 8.86. The van der Waals surface area contributed by atoms with Crippen LogP contribution in [0, 0.1) is 13.8 Å². The molecule has 5 rings (SSSR count). The fraction of sp³-hybridized carbons (Fsp3) is 0.484. The van der Waals surface area contributed by atoms with Gasteiger partial charge in [-0.2, -0.15) is 10.2 Å². The summed E-state index contributed by atoms with van der Waals surface area (Å²) in [7, 11) is 0. The number of hydrogen-bond acceptors (Lipinski definition) is 7. The molecule has 0 bridgehead atoms. The highest BCUT2D eigenvalue weighted by Crippen LogP contribution is 2.43. The van der Waals surface area contributed by atoms with Crippen molar-refractivity contribution in [2.75, 3.05) is 6.54 Å². The van der Waals surface area contributed by atoms with Gasteiger partial charge in [0.1, 0.15) is 17.0 Å². The van der Waals surface area contributed by atoms with E-state index in [1.54, 1.807) is 21.5 Å². The molecule has 3 heterocycles. The molecule has 1 aromatic carbocycles. The van der Waals surface area contributed by atoms with Crippen LogP contribution in [0.1, 0.15) is 75.0 Å². The van der Waals surface area contributed by atoms with Gasteiger partial charge in [0.25, 0.3) is 5.56 Å². The van der Waals surface area contributed by atoms with E-state index < -0.39 is 11.7 Å². The summed E-state index contributed by atoms with van der Waals surface area (Å²) in [6.07, 6.45) is 5.05. The molecule has 11 nitrogen and oxygen atoms in total. The molecule has 0 spiro atoms. The van der Waals surface area contributed by atoms with Crippen LogP contribution in [0.15, 0.2) is 47.4 Å². The average Bonchev–Trinajstić information content (AvgIpc) is 3.56. The van der Waals surface area contributed by atoms with Crippen LogP contribution in [0.3, 0.4) is 0 Å². The van der Waals surface area contributed by atoms with Crippen molar-refractivity contribution in [2.24, 2.45) is 0 Å². The lowest BCUT2D eigenvalue weighted by Crippen LogP contribution is -2.45. The Kier molecular flexibility index (Phi) is 8.73. The molecule has 12 heteroatoms. The number of carbonyl (C=O) groups excluding carboxylic acids is 1. The van der Waals surface area contributed by atoms with E-state index in [0.29, 0.717) is 42.3 Å². The van der Waals surface area contributed by atoms with Crippen molar-refractivity contribution in [1.29, 1.82) is 0 Å². The topological polar surface area (TPSA) is 133 Å². The van der Waals surface area contributed by atoms with Crippen molar-refractivity contribution >= 4 is 17.7 Å². The highest BCUT2D eigenvalue weighted by atomic mass is 35.5. The van der Waals surface area contributed by atoms with Crippen LogP contribution in [0.5, 0.6) is 0 Å². The number of aryl methyl sites for hydroxylation is 3. The molecular formula is C31H39ClN8O3. The number of aromatic nitrogens is 7. The van der Waals surface area contributed by atoms with E-state index in [-0.39, 0.29) is 17.0 Å². The molecule has 0 saturated heterocycles. The van der Waals surface area contributed by atoms with E-state index in [2.05, 4.69) is 25.8 Å². The second kappa shape index (κ2) is 12.3. The first-order valence-electron chi connectivity index (χ1n) is 14.7.